The van der Waals surface area contributed by atoms with Crippen LogP contribution >= 0.6 is 10.7 Å². The largest absolute Gasteiger partial charge is 0.493 e. The lowest BCUT2D eigenvalue weighted by Crippen LogP contribution is -2.23. The smallest absolute Gasteiger partial charge is 0.261 e. The van der Waals surface area contributed by atoms with E-state index >= 15 is 0 Å². The fraction of sp³-hybridized carbons (Fsp3) is 0.235. The number of benzene rings is 2. The standard InChI is InChI=1S/C17H18ClNO5S/c1-11-5-4-6-12(7-11)17(20)19-10-13-8-14(23-2)15(24-3)9-16(13)25(18,21)22/h4-9H,10H2,1-3H3,(H,19,20). The lowest BCUT2D eigenvalue weighted by Gasteiger charge is -2.14. The van der Waals surface area contributed by atoms with Crippen molar-refractivity contribution < 1.29 is 22.7 Å². The zero-order valence-corrected chi connectivity index (χ0v) is 15.6. The van der Waals surface area contributed by atoms with Gasteiger partial charge in [-0.3, -0.25) is 4.79 Å². The summed E-state index contributed by atoms with van der Waals surface area (Å²) in [5, 5.41) is 2.69. The van der Waals surface area contributed by atoms with Gasteiger partial charge in [0.1, 0.15) is 0 Å². The number of methoxy groups -OCH3 is 2. The molecule has 0 aliphatic heterocycles. The summed E-state index contributed by atoms with van der Waals surface area (Å²) in [5.41, 5.74) is 1.73. The molecule has 0 bridgehead atoms. The van der Waals surface area contributed by atoms with Gasteiger partial charge in [0.2, 0.25) is 0 Å². The fourth-order valence-corrected chi connectivity index (χ4v) is 3.45. The van der Waals surface area contributed by atoms with E-state index in [4.69, 9.17) is 20.2 Å². The van der Waals surface area contributed by atoms with Crippen LogP contribution in [0.5, 0.6) is 11.5 Å². The first-order valence-electron chi connectivity index (χ1n) is 7.30. The molecule has 2 aromatic carbocycles. The fourth-order valence-electron chi connectivity index (χ4n) is 2.33. The molecular weight excluding hydrogens is 366 g/mol. The van der Waals surface area contributed by atoms with Gasteiger partial charge in [-0.15, -0.1) is 0 Å². The van der Waals surface area contributed by atoms with Gasteiger partial charge in [0.25, 0.3) is 15.0 Å². The van der Waals surface area contributed by atoms with E-state index in [0.717, 1.165) is 5.56 Å². The number of ether oxygens (including phenoxy) is 2. The van der Waals surface area contributed by atoms with Gasteiger partial charge in [-0.25, -0.2) is 8.42 Å². The maximum Gasteiger partial charge on any atom is 0.261 e. The number of carbonyl (C=O) groups excluding carboxylic acids is 1. The number of rotatable bonds is 6. The van der Waals surface area contributed by atoms with Crippen molar-refractivity contribution in [3.63, 3.8) is 0 Å². The first kappa shape index (κ1) is 19.1. The van der Waals surface area contributed by atoms with Crippen LogP contribution in [0.4, 0.5) is 0 Å². The minimum atomic E-state index is -4.02. The SMILES string of the molecule is COc1cc(CNC(=O)c2cccc(C)c2)c(S(=O)(=O)Cl)cc1OC. The van der Waals surface area contributed by atoms with Crippen molar-refractivity contribution in [3.8, 4) is 11.5 Å². The molecule has 134 valence electrons. The molecule has 25 heavy (non-hydrogen) atoms. The van der Waals surface area contributed by atoms with E-state index in [1.54, 1.807) is 18.2 Å². The van der Waals surface area contributed by atoms with Gasteiger partial charge in [0.05, 0.1) is 19.1 Å². The third-order valence-corrected chi connectivity index (χ3v) is 4.95. The van der Waals surface area contributed by atoms with Crippen LogP contribution in [0.25, 0.3) is 0 Å². The summed E-state index contributed by atoms with van der Waals surface area (Å²) in [5.74, 6) is 0.248. The van der Waals surface area contributed by atoms with Crippen molar-refractivity contribution in [2.24, 2.45) is 0 Å². The number of carbonyl (C=O) groups is 1. The number of halogens is 1. The average molecular weight is 384 g/mol. The minimum absolute atomic E-state index is 0.0333. The quantitative estimate of drug-likeness (QED) is 0.775. The molecule has 0 saturated carbocycles. The molecule has 1 N–H and O–H groups in total. The Morgan fingerprint density at radius 3 is 2.32 bits per heavy atom. The Kier molecular flexibility index (Phi) is 5.92. The van der Waals surface area contributed by atoms with Crippen LogP contribution in [0.15, 0.2) is 41.3 Å². The number of hydrogen-bond donors (Lipinski definition) is 1. The van der Waals surface area contributed by atoms with Crippen molar-refractivity contribution in [1.29, 1.82) is 0 Å². The van der Waals surface area contributed by atoms with Crippen LogP contribution in [0.2, 0.25) is 0 Å². The predicted molar refractivity (Wildman–Crippen MR) is 94.9 cm³/mol. The highest BCUT2D eigenvalue weighted by atomic mass is 35.7. The summed E-state index contributed by atoms with van der Waals surface area (Å²) in [7, 11) is 4.30. The van der Waals surface area contributed by atoms with Crippen molar-refractivity contribution in [2.45, 2.75) is 18.4 Å². The van der Waals surface area contributed by atoms with Crippen molar-refractivity contribution in [2.75, 3.05) is 14.2 Å². The third kappa shape index (κ3) is 4.64. The summed E-state index contributed by atoms with van der Waals surface area (Å²) < 4.78 is 34.0. The van der Waals surface area contributed by atoms with E-state index in [9.17, 15) is 13.2 Å². The molecule has 6 nitrogen and oxygen atoms in total. The zero-order chi connectivity index (χ0) is 18.6. The number of aryl methyl sites for hydroxylation is 1. The number of hydrogen-bond acceptors (Lipinski definition) is 5. The highest BCUT2D eigenvalue weighted by molar-refractivity contribution is 8.13. The monoisotopic (exact) mass is 383 g/mol. The molecule has 1 amide bonds. The van der Waals surface area contributed by atoms with Gasteiger partial charge < -0.3 is 14.8 Å². The minimum Gasteiger partial charge on any atom is -0.493 e. The van der Waals surface area contributed by atoms with E-state index in [1.807, 2.05) is 13.0 Å². The van der Waals surface area contributed by atoms with Crippen LogP contribution < -0.4 is 14.8 Å². The molecule has 2 rings (SSSR count). The normalized spacial score (nSPS) is 11.0. The maximum absolute atomic E-state index is 12.3. The number of nitrogens with one attached hydrogen (secondary N) is 1. The molecule has 0 aromatic heterocycles. The lowest BCUT2D eigenvalue weighted by atomic mass is 10.1. The molecule has 0 spiro atoms. The van der Waals surface area contributed by atoms with Crippen molar-refractivity contribution in [1.82, 2.24) is 5.32 Å². The Morgan fingerprint density at radius 1 is 1.12 bits per heavy atom. The van der Waals surface area contributed by atoms with Crippen LogP contribution in [0, 0.1) is 6.92 Å². The van der Waals surface area contributed by atoms with E-state index in [1.165, 1.54) is 26.4 Å². The van der Waals surface area contributed by atoms with Crippen LogP contribution in [-0.2, 0) is 15.6 Å². The first-order chi connectivity index (χ1) is 11.8. The summed E-state index contributed by atoms with van der Waals surface area (Å²) in [6.45, 7) is 1.84. The summed E-state index contributed by atoms with van der Waals surface area (Å²) in [4.78, 5) is 12.1. The van der Waals surface area contributed by atoms with Crippen LogP contribution in [0.3, 0.4) is 0 Å². The first-order valence-corrected chi connectivity index (χ1v) is 9.61. The van der Waals surface area contributed by atoms with Crippen LogP contribution in [-0.4, -0.2) is 28.5 Å². The highest BCUT2D eigenvalue weighted by Gasteiger charge is 2.20. The predicted octanol–water partition coefficient (Wildman–Crippen LogP) is 2.87. The van der Waals surface area contributed by atoms with E-state index in [-0.39, 0.29) is 23.1 Å². The van der Waals surface area contributed by atoms with Gasteiger partial charge in [0, 0.05) is 28.9 Å². The second-order valence-electron chi connectivity index (χ2n) is 5.30. The topological polar surface area (TPSA) is 81.7 Å². The maximum atomic E-state index is 12.3. The average Bonchev–Trinajstić information content (AvgIpc) is 2.57. The zero-order valence-electron chi connectivity index (χ0n) is 14.0. The second kappa shape index (κ2) is 7.76. The second-order valence-corrected chi connectivity index (χ2v) is 7.84. The molecular formula is C17H18ClNO5S. The van der Waals surface area contributed by atoms with Crippen molar-refractivity contribution >= 4 is 25.6 Å². The molecule has 0 atom stereocenters. The highest BCUT2D eigenvalue weighted by Crippen LogP contribution is 2.34. The van der Waals surface area contributed by atoms with E-state index in [2.05, 4.69) is 5.32 Å². The molecule has 0 heterocycles. The van der Waals surface area contributed by atoms with E-state index in [0.29, 0.717) is 16.9 Å². The third-order valence-electron chi connectivity index (χ3n) is 3.55. The number of amides is 1. The molecule has 0 saturated heterocycles. The molecule has 0 fully saturated rings. The van der Waals surface area contributed by atoms with Gasteiger partial charge in [-0.05, 0) is 30.7 Å². The summed E-state index contributed by atoms with van der Waals surface area (Å²) in [6.07, 6.45) is 0. The van der Waals surface area contributed by atoms with E-state index < -0.39 is 9.05 Å². The van der Waals surface area contributed by atoms with Gasteiger partial charge in [0.15, 0.2) is 11.5 Å². The summed E-state index contributed by atoms with van der Waals surface area (Å²) in [6, 6.07) is 9.82. The van der Waals surface area contributed by atoms with Gasteiger partial charge >= 0.3 is 0 Å². The van der Waals surface area contributed by atoms with Crippen molar-refractivity contribution in [3.05, 3.63) is 53.1 Å². The Bertz CT molecular complexity index is 896. The Labute approximate surface area is 151 Å². The Morgan fingerprint density at radius 2 is 1.76 bits per heavy atom. The van der Waals surface area contributed by atoms with Gasteiger partial charge in [-0.1, -0.05) is 17.7 Å². The molecule has 8 heteroatoms. The summed E-state index contributed by atoms with van der Waals surface area (Å²) >= 11 is 0. The molecule has 0 aliphatic rings. The van der Waals surface area contributed by atoms with Crippen LogP contribution in [0.1, 0.15) is 21.5 Å². The Balaban J connectivity index is 2.33. The molecule has 0 unspecified atom stereocenters. The molecule has 2 aromatic rings. The molecule has 0 aliphatic carbocycles. The van der Waals surface area contributed by atoms with Gasteiger partial charge in [-0.2, -0.15) is 0 Å². The Hall–Kier alpha value is -2.25. The lowest BCUT2D eigenvalue weighted by molar-refractivity contribution is 0.0950. The molecule has 0 radical (unpaired) electrons.